The zero-order chi connectivity index (χ0) is 10.6. The van der Waals surface area contributed by atoms with Crippen molar-refractivity contribution in [3.63, 3.8) is 0 Å². The van der Waals surface area contributed by atoms with Crippen molar-refractivity contribution < 1.29 is 35.8 Å². The molecule has 0 spiro atoms. The first-order chi connectivity index (χ1) is 6.95. The molecule has 3 heteroatoms. The van der Waals surface area contributed by atoms with Crippen LogP contribution in [0, 0.1) is 23.7 Å². The SMILES string of the molecule is C1=CC2C3C=CC(C3)C2C1.C=O.C=O.[Zr]. The van der Waals surface area contributed by atoms with Crippen molar-refractivity contribution in [2.24, 2.45) is 23.7 Å². The molecule has 3 rings (SSSR count). The minimum absolute atomic E-state index is 0. The van der Waals surface area contributed by atoms with Gasteiger partial charge in [0.2, 0.25) is 0 Å². The van der Waals surface area contributed by atoms with Crippen LogP contribution in [-0.2, 0) is 35.8 Å². The third-order valence-corrected chi connectivity index (χ3v) is 3.46. The van der Waals surface area contributed by atoms with Crippen LogP contribution in [0.25, 0.3) is 0 Å². The fraction of sp³-hybridized carbons (Fsp3) is 0.500. The Morgan fingerprint density at radius 2 is 1.53 bits per heavy atom. The van der Waals surface area contributed by atoms with E-state index in [2.05, 4.69) is 24.3 Å². The van der Waals surface area contributed by atoms with Gasteiger partial charge in [-0.3, -0.25) is 0 Å². The van der Waals surface area contributed by atoms with E-state index in [0.717, 1.165) is 23.7 Å². The van der Waals surface area contributed by atoms with Gasteiger partial charge in [-0.15, -0.1) is 0 Å². The van der Waals surface area contributed by atoms with Gasteiger partial charge < -0.3 is 9.59 Å². The van der Waals surface area contributed by atoms with Crippen molar-refractivity contribution in [3.8, 4) is 0 Å². The second-order valence-corrected chi connectivity index (χ2v) is 3.85. The van der Waals surface area contributed by atoms with Crippen LogP contribution >= 0.6 is 0 Å². The predicted molar refractivity (Wildman–Crippen MR) is 55.7 cm³/mol. The normalized spacial score (nSPS) is 36.8. The van der Waals surface area contributed by atoms with Gasteiger partial charge >= 0.3 is 0 Å². The number of hydrogen-bond donors (Lipinski definition) is 0. The van der Waals surface area contributed by atoms with E-state index in [-0.39, 0.29) is 26.2 Å². The zero-order valence-corrected chi connectivity index (χ0v) is 11.2. The number of fused-ring (bicyclic) bond motifs is 5. The van der Waals surface area contributed by atoms with E-state index >= 15 is 0 Å². The van der Waals surface area contributed by atoms with Crippen molar-refractivity contribution in [3.05, 3.63) is 24.3 Å². The fourth-order valence-corrected chi connectivity index (χ4v) is 2.97. The van der Waals surface area contributed by atoms with Gasteiger partial charge in [0, 0.05) is 26.2 Å². The average molecular weight is 283 g/mol. The van der Waals surface area contributed by atoms with E-state index < -0.39 is 0 Å². The molecule has 3 aliphatic rings. The average Bonchev–Trinajstić information content (AvgIpc) is 2.97. The molecular formula is C12H16O2Zr. The van der Waals surface area contributed by atoms with Crippen LogP contribution in [-0.4, -0.2) is 13.6 Å². The molecule has 0 amide bonds. The maximum absolute atomic E-state index is 8.00. The van der Waals surface area contributed by atoms with E-state index in [0.29, 0.717) is 0 Å². The van der Waals surface area contributed by atoms with Gasteiger partial charge in [0.05, 0.1) is 0 Å². The smallest absolute Gasteiger partial charge is 0.106 e. The Morgan fingerprint density at radius 1 is 0.933 bits per heavy atom. The number of carbonyl (C=O) groups excluding carboxylic acids is 2. The predicted octanol–water partition coefficient (Wildman–Crippen LogP) is 2.01. The van der Waals surface area contributed by atoms with Gasteiger partial charge in [-0.25, -0.2) is 0 Å². The van der Waals surface area contributed by atoms with Gasteiger partial charge in [-0.1, -0.05) is 24.3 Å². The molecule has 0 N–H and O–H groups in total. The van der Waals surface area contributed by atoms with E-state index in [1.165, 1.54) is 12.8 Å². The van der Waals surface area contributed by atoms with Crippen molar-refractivity contribution in [2.45, 2.75) is 12.8 Å². The first-order valence-electron chi connectivity index (χ1n) is 4.88. The molecule has 2 bridgehead atoms. The van der Waals surface area contributed by atoms with Gasteiger partial charge in [-0.05, 0) is 36.5 Å². The summed E-state index contributed by atoms with van der Waals surface area (Å²) in [4.78, 5) is 16.0. The largest absolute Gasteiger partial charge is 0.307 e. The summed E-state index contributed by atoms with van der Waals surface area (Å²) >= 11 is 0. The van der Waals surface area contributed by atoms with Crippen molar-refractivity contribution in [1.29, 1.82) is 0 Å². The molecule has 4 unspecified atom stereocenters. The number of hydrogen-bond acceptors (Lipinski definition) is 2. The molecule has 4 atom stereocenters. The van der Waals surface area contributed by atoms with Crippen molar-refractivity contribution in [1.82, 2.24) is 0 Å². The van der Waals surface area contributed by atoms with E-state index in [1.54, 1.807) is 0 Å². The minimum atomic E-state index is 0. The summed E-state index contributed by atoms with van der Waals surface area (Å²) in [5, 5.41) is 0. The third-order valence-electron chi connectivity index (χ3n) is 3.46. The number of carbonyl (C=O) groups is 2. The first kappa shape index (κ1) is 14.7. The second-order valence-electron chi connectivity index (χ2n) is 3.85. The Bertz CT molecular complexity index is 248. The summed E-state index contributed by atoms with van der Waals surface area (Å²) in [6.07, 6.45) is 12.5. The Labute approximate surface area is 110 Å². The third kappa shape index (κ3) is 2.63. The summed E-state index contributed by atoms with van der Waals surface area (Å²) in [5.41, 5.74) is 0. The monoisotopic (exact) mass is 282 g/mol. The van der Waals surface area contributed by atoms with E-state index in [9.17, 15) is 0 Å². The molecule has 0 radical (unpaired) electrons. The zero-order valence-electron chi connectivity index (χ0n) is 8.76. The number of allylic oxidation sites excluding steroid dienone is 4. The van der Waals surface area contributed by atoms with Gasteiger partial charge in [0.15, 0.2) is 0 Å². The van der Waals surface area contributed by atoms with Crippen LogP contribution in [0.1, 0.15) is 12.8 Å². The van der Waals surface area contributed by atoms with Crippen LogP contribution in [0.5, 0.6) is 0 Å². The molecule has 1 saturated carbocycles. The van der Waals surface area contributed by atoms with Crippen LogP contribution < -0.4 is 0 Å². The van der Waals surface area contributed by atoms with Crippen LogP contribution in [0.15, 0.2) is 24.3 Å². The maximum Gasteiger partial charge on any atom is 0.106 e. The topological polar surface area (TPSA) is 34.1 Å². The summed E-state index contributed by atoms with van der Waals surface area (Å²) in [6.45, 7) is 4.00. The van der Waals surface area contributed by atoms with E-state index in [1.807, 2.05) is 13.6 Å². The van der Waals surface area contributed by atoms with Crippen molar-refractivity contribution >= 4 is 13.6 Å². The summed E-state index contributed by atoms with van der Waals surface area (Å²) in [7, 11) is 0. The van der Waals surface area contributed by atoms with Crippen LogP contribution in [0.2, 0.25) is 0 Å². The standard InChI is InChI=1S/C10H12.2CH2O.Zr/c1-2-9-7-4-5-8(6-7)10(9)3-1;2*1-2;/h1-2,4-5,7-10H,3,6H2;2*1H2;. The molecule has 3 aliphatic carbocycles. The Balaban J connectivity index is 0.000000358. The fourth-order valence-electron chi connectivity index (χ4n) is 2.97. The van der Waals surface area contributed by atoms with E-state index in [4.69, 9.17) is 9.59 Å². The molecule has 1 fully saturated rings. The molecule has 0 aliphatic heterocycles. The van der Waals surface area contributed by atoms with Gasteiger partial charge in [-0.2, -0.15) is 0 Å². The molecular weight excluding hydrogens is 267 g/mol. The summed E-state index contributed by atoms with van der Waals surface area (Å²) in [6, 6.07) is 0. The quantitative estimate of drug-likeness (QED) is 0.637. The van der Waals surface area contributed by atoms with Gasteiger partial charge in [0.1, 0.15) is 13.6 Å². The molecule has 0 aromatic carbocycles. The van der Waals surface area contributed by atoms with Crippen LogP contribution in [0.4, 0.5) is 0 Å². The molecule has 0 aromatic heterocycles. The molecule has 0 aromatic rings. The summed E-state index contributed by atoms with van der Waals surface area (Å²) in [5.74, 6) is 3.82. The molecule has 2 nitrogen and oxygen atoms in total. The van der Waals surface area contributed by atoms with Gasteiger partial charge in [0.25, 0.3) is 0 Å². The Hall–Kier alpha value is -0.297. The van der Waals surface area contributed by atoms with Crippen LogP contribution in [0.3, 0.4) is 0 Å². The Morgan fingerprint density at radius 3 is 2.13 bits per heavy atom. The second kappa shape index (κ2) is 7.06. The molecule has 15 heavy (non-hydrogen) atoms. The molecule has 0 heterocycles. The number of rotatable bonds is 0. The maximum atomic E-state index is 8.00. The molecule has 80 valence electrons. The Kier molecular flexibility index (Phi) is 6.92. The first-order valence-corrected chi connectivity index (χ1v) is 4.88. The van der Waals surface area contributed by atoms with Crippen molar-refractivity contribution in [2.75, 3.05) is 0 Å². The summed E-state index contributed by atoms with van der Waals surface area (Å²) < 4.78 is 0. The minimum Gasteiger partial charge on any atom is -0.307 e. The molecule has 0 saturated heterocycles.